The lowest BCUT2D eigenvalue weighted by atomic mass is 10.0. The molecule has 0 unspecified atom stereocenters. The lowest BCUT2D eigenvalue weighted by Gasteiger charge is -2.29. The maximum atomic E-state index is 11.9. The van der Waals surface area contributed by atoms with E-state index in [0.29, 0.717) is 19.4 Å². The number of carboxylic acids is 1. The fraction of sp³-hybridized carbons (Fsp3) is 0.385. The number of nitrogens with zero attached hydrogens (tertiary/aromatic N) is 1. The van der Waals surface area contributed by atoms with Gasteiger partial charge in [-0.3, -0.25) is 9.59 Å². The highest BCUT2D eigenvalue weighted by atomic mass is 79.9. The minimum Gasteiger partial charge on any atom is -0.481 e. The minimum absolute atomic E-state index is 0.0789. The summed E-state index contributed by atoms with van der Waals surface area (Å²) >= 11 is 3.42. The number of halogens is 1. The summed E-state index contributed by atoms with van der Waals surface area (Å²) in [5.74, 6) is -0.745. The number of aryl methyl sites for hydroxylation is 1. The zero-order valence-electron chi connectivity index (χ0n) is 9.86. The summed E-state index contributed by atoms with van der Waals surface area (Å²) in [5.41, 5.74) is 2.05. The Bertz CT molecular complexity index is 487. The molecule has 0 spiro atoms. The van der Waals surface area contributed by atoms with Gasteiger partial charge in [0.15, 0.2) is 0 Å². The zero-order chi connectivity index (χ0) is 13.1. The lowest BCUT2D eigenvalue weighted by Crippen LogP contribution is -2.36. The molecule has 0 bridgehead atoms. The topological polar surface area (TPSA) is 57.6 Å². The van der Waals surface area contributed by atoms with E-state index in [1.165, 1.54) is 0 Å². The summed E-state index contributed by atoms with van der Waals surface area (Å²) in [6.45, 7) is 0.472. The highest BCUT2D eigenvalue weighted by Gasteiger charge is 2.23. The molecule has 1 aliphatic heterocycles. The van der Waals surface area contributed by atoms with Gasteiger partial charge in [-0.25, -0.2) is 0 Å². The van der Waals surface area contributed by atoms with Crippen LogP contribution in [0.25, 0.3) is 0 Å². The fourth-order valence-corrected chi connectivity index (χ4v) is 2.57. The summed E-state index contributed by atoms with van der Waals surface area (Å²) in [7, 11) is 0. The van der Waals surface area contributed by atoms with Gasteiger partial charge in [-0.1, -0.05) is 15.9 Å². The number of amides is 1. The molecule has 1 amide bonds. The van der Waals surface area contributed by atoms with Crippen LogP contribution in [-0.2, 0) is 16.0 Å². The molecule has 0 aliphatic carbocycles. The first-order chi connectivity index (χ1) is 8.58. The fourth-order valence-electron chi connectivity index (χ4n) is 2.16. The molecule has 0 radical (unpaired) electrons. The van der Waals surface area contributed by atoms with E-state index in [1.54, 1.807) is 4.90 Å². The second-order valence-electron chi connectivity index (χ2n) is 4.32. The number of rotatable bonds is 4. The van der Waals surface area contributed by atoms with Gasteiger partial charge in [-0.05, 0) is 36.6 Å². The average molecular weight is 312 g/mol. The first kappa shape index (κ1) is 13.1. The van der Waals surface area contributed by atoms with Crippen molar-refractivity contribution in [1.82, 2.24) is 0 Å². The first-order valence-corrected chi connectivity index (χ1v) is 6.68. The Morgan fingerprint density at radius 3 is 2.89 bits per heavy atom. The lowest BCUT2D eigenvalue weighted by molar-refractivity contribution is -0.137. The number of anilines is 1. The van der Waals surface area contributed by atoms with E-state index in [2.05, 4.69) is 15.9 Å². The monoisotopic (exact) mass is 311 g/mol. The number of hydrogen-bond acceptors (Lipinski definition) is 2. The molecular weight excluding hydrogens is 298 g/mol. The van der Waals surface area contributed by atoms with Gasteiger partial charge in [0, 0.05) is 29.5 Å². The molecule has 0 saturated carbocycles. The maximum Gasteiger partial charge on any atom is 0.303 e. The normalized spacial score (nSPS) is 14.5. The van der Waals surface area contributed by atoms with Gasteiger partial charge in [0.2, 0.25) is 5.91 Å². The van der Waals surface area contributed by atoms with E-state index < -0.39 is 5.97 Å². The Morgan fingerprint density at radius 1 is 1.39 bits per heavy atom. The highest BCUT2D eigenvalue weighted by molar-refractivity contribution is 9.10. The standard InChI is InChI=1S/C13H14BrNO3/c14-10-4-5-11-9(8-10)3-6-12(16)15(11)7-1-2-13(17)18/h4-5,8H,1-3,6-7H2,(H,17,18). The van der Waals surface area contributed by atoms with Crippen molar-refractivity contribution in [3.63, 3.8) is 0 Å². The molecular formula is C13H14BrNO3. The van der Waals surface area contributed by atoms with Crippen molar-refractivity contribution in [1.29, 1.82) is 0 Å². The van der Waals surface area contributed by atoms with Crippen molar-refractivity contribution in [2.75, 3.05) is 11.4 Å². The van der Waals surface area contributed by atoms with Crippen LogP contribution in [0.15, 0.2) is 22.7 Å². The summed E-state index contributed by atoms with van der Waals surface area (Å²) < 4.78 is 1.00. The number of carbonyl (C=O) groups is 2. The zero-order valence-corrected chi connectivity index (χ0v) is 11.4. The van der Waals surface area contributed by atoms with Crippen LogP contribution < -0.4 is 4.90 Å². The van der Waals surface area contributed by atoms with E-state index >= 15 is 0 Å². The van der Waals surface area contributed by atoms with E-state index in [0.717, 1.165) is 22.1 Å². The average Bonchev–Trinajstić information content (AvgIpc) is 2.31. The summed E-state index contributed by atoms with van der Waals surface area (Å²) in [5, 5.41) is 8.63. The van der Waals surface area contributed by atoms with Crippen LogP contribution in [0.3, 0.4) is 0 Å². The third kappa shape index (κ3) is 2.90. The first-order valence-electron chi connectivity index (χ1n) is 5.88. The van der Waals surface area contributed by atoms with Gasteiger partial charge < -0.3 is 10.0 Å². The molecule has 1 aromatic carbocycles. The molecule has 0 atom stereocenters. The predicted molar refractivity (Wildman–Crippen MR) is 71.7 cm³/mol. The van der Waals surface area contributed by atoms with Gasteiger partial charge in [-0.15, -0.1) is 0 Å². The van der Waals surface area contributed by atoms with Crippen molar-refractivity contribution in [2.24, 2.45) is 0 Å². The van der Waals surface area contributed by atoms with Crippen LogP contribution in [0.2, 0.25) is 0 Å². The van der Waals surface area contributed by atoms with Crippen molar-refractivity contribution >= 4 is 33.5 Å². The Hall–Kier alpha value is -1.36. The van der Waals surface area contributed by atoms with Crippen LogP contribution in [0.1, 0.15) is 24.8 Å². The summed E-state index contributed by atoms with van der Waals surface area (Å²) in [4.78, 5) is 24.1. The molecule has 0 fully saturated rings. The number of hydrogen-bond donors (Lipinski definition) is 1. The number of benzene rings is 1. The quantitative estimate of drug-likeness (QED) is 0.930. The smallest absolute Gasteiger partial charge is 0.303 e. The van der Waals surface area contributed by atoms with Crippen LogP contribution >= 0.6 is 15.9 Å². The molecule has 18 heavy (non-hydrogen) atoms. The SMILES string of the molecule is O=C(O)CCCN1C(=O)CCc2cc(Br)ccc21. The molecule has 96 valence electrons. The third-order valence-electron chi connectivity index (χ3n) is 3.01. The molecule has 1 heterocycles. The Morgan fingerprint density at radius 2 is 2.17 bits per heavy atom. The Balaban J connectivity index is 2.15. The van der Waals surface area contributed by atoms with E-state index in [9.17, 15) is 9.59 Å². The maximum absolute atomic E-state index is 11.9. The Kier molecular flexibility index (Phi) is 4.01. The van der Waals surface area contributed by atoms with Crippen molar-refractivity contribution in [2.45, 2.75) is 25.7 Å². The van der Waals surface area contributed by atoms with Gasteiger partial charge >= 0.3 is 5.97 Å². The predicted octanol–water partition coefficient (Wildman–Crippen LogP) is 2.59. The highest BCUT2D eigenvalue weighted by Crippen LogP contribution is 2.30. The molecule has 1 aromatic rings. The van der Waals surface area contributed by atoms with Crippen molar-refractivity contribution < 1.29 is 14.7 Å². The van der Waals surface area contributed by atoms with Crippen molar-refractivity contribution in [3.8, 4) is 0 Å². The molecule has 5 heteroatoms. The molecule has 0 aromatic heterocycles. The second kappa shape index (κ2) is 5.52. The Labute approximate surface area is 114 Å². The van der Waals surface area contributed by atoms with Crippen LogP contribution in [0, 0.1) is 0 Å². The molecule has 1 N–H and O–H groups in total. The van der Waals surface area contributed by atoms with Gasteiger partial charge in [0.25, 0.3) is 0 Å². The molecule has 4 nitrogen and oxygen atoms in total. The van der Waals surface area contributed by atoms with Crippen LogP contribution in [0.5, 0.6) is 0 Å². The summed E-state index contributed by atoms with van der Waals surface area (Å²) in [6.07, 6.45) is 1.83. The van der Waals surface area contributed by atoms with E-state index in [-0.39, 0.29) is 12.3 Å². The van der Waals surface area contributed by atoms with Gasteiger partial charge in [0.05, 0.1) is 0 Å². The number of carbonyl (C=O) groups excluding carboxylic acids is 1. The number of carboxylic acid groups (broad SMARTS) is 1. The minimum atomic E-state index is -0.824. The molecule has 2 rings (SSSR count). The van der Waals surface area contributed by atoms with E-state index in [1.807, 2.05) is 18.2 Å². The van der Waals surface area contributed by atoms with Crippen LogP contribution in [-0.4, -0.2) is 23.5 Å². The summed E-state index contributed by atoms with van der Waals surface area (Å²) in [6, 6.07) is 5.84. The van der Waals surface area contributed by atoms with Crippen LogP contribution in [0.4, 0.5) is 5.69 Å². The largest absolute Gasteiger partial charge is 0.481 e. The van der Waals surface area contributed by atoms with Gasteiger partial charge in [0.1, 0.15) is 0 Å². The van der Waals surface area contributed by atoms with Crippen molar-refractivity contribution in [3.05, 3.63) is 28.2 Å². The number of aliphatic carboxylic acids is 1. The number of fused-ring (bicyclic) bond motifs is 1. The molecule has 0 saturated heterocycles. The second-order valence-corrected chi connectivity index (χ2v) is 5.23. The molecule has 1 aliphatic rings. The third-order valence-corrected chi connectivity index (χ3v) is 3.51. The van der Waals surface area contributed by atoms with Gasteiger partial charge in [-0.2, -0.15) is 0 Å². The van der Waals surface area contributed by atoms with E-state index in [4.69, 9.17) is 5.11 Å².